The Morgan fingerprint density at radius 1 is 1.11 bits per heavy atom. The molecule has 2 rings (SSSR count). The van der Waals surface area contributed by atoms with Crippen LogP contribution in [0.15, 0.2) is 0 Å². The molecule has 0 amide bonds. The predicted molar refractivity (Wildman–Crippen MR) is 41.9 cm³/mol. The van der Waals surface area contributed by atoms with Gasteiger partial charge in [0.1, 0.15) is 0 Å². The third-order valence-corrected chi connectivity index (χ3v) is 4.11. The number of hydrogen-bond acceptors (Lipinski definition) is 2. The molecule has 2 aliphatic rings. The van der Waals surface area contributed by atoms with Crippen molar-refractivity contribution in [2.24, 2.45) is 5.41 Å². The first-order valence-electron chi connectivity index (χ1n) is 3.70. The van der Waals surface area contributed by atoms with Crippen LogP contribution in [0.2, 0.25) is 0 Å². The van der Waals surface area contributed by atoms with Crippen molar-refractivity contribution in [2.45, 2.75) is 12.8 Å². The largest absolute Gasteiger partial charge is 0.317 e. The average Bonchev–Trinajstić information content (AvgIpc) is 1.87. The molecule has 0 bridgehead atoms. The first kappa shape index (κ1) is 6.05. The van der Waals surface area contributed by atoms with Crippen molar-refractivity contribution < 1.29 is 0 Å². The maximum atomic E-state index is 3.40. The predicted octanol–water partition coefficient (Wildman–Crippen LogP) is 1.10. The lowest BCUT2D eigenvalue weighted by atomic mass is 9.82. The number of piperidine rings is 1. The van der Waals surface area contributed by atoms with Crippen LogP contribution in [0.1, 0.15) is 12.8 Å². The zero-order valence-corrected chi connectivity index (χ0v) is 6.47. The smallest absolute Gasteiger partial charge is 0.000173 e. The molecule has 2 heteroatoms. The van der Waals surface area contributed by atoms with Crippen LogP contribution in [0.4, 0.5) is 0 Å². The molecule has 0 aromatic heterocycles. The molecule has 0 aromatic rings. The summed E-state index contributed by atoms with van der Waals surface area (Å²) in [5.41, 5.74) is 0.802. The summed E-state index contributed by atoms with van der Waals surface area (Å²) >= 11 is 2.11. The molecule has 1 spiro atoms. The zero-order chi connectivity index (χ0) is 6.16. The van der Waals surface area contributed by atoms with Crippen LogP contribution in [0.5, 0.6) is 0 Å². The van der Waals surface area contributed by atoms with Gasteiger partial charge < -0.3 is 5.32 Å². The molecule has 0 saturated carbocycles. The van der Waals surface area contributed by atoms with Gasteiger partial charge in [0, 0.05) is 0 Å². The summed E-state index contributed by atoms with van der Waals surface area (Å²) in [5, 5.41) is 3.40. The van der Waals surface area contributed by atoms with Gasteiger partial charge in [0.25, 0.3) is 0 Å². The quantitative estimate of drug-likeness (QED) is 0.545. The Morgan fingerprint density at radius 3 is 2.11 bits per heavy atom. The molecule has 2 heterocycles. The molecule has 2 fully saturated rings. The van der Waals surface area contributed by atoms with Crippen molar-refractivity contribution in [3.05, 3.63) is 0 Å². The Kier molecular flexibility index (Phi) is 1.46. The Labute approximate surface area is 60.6 Å². The van der Waals surface area contributed by atoms with E-state index in [1.807, 2.05) is 0 Å². The Balaban J connectivity index is 1.93. The van der Waals surface area contributed by atoms with E-state index in [4.69, 9.17) is 0 Å². The van der Waals surface area contributed by atoms with Gasteiger partial charge in [0.15, 0.2) is 0 Å². The zero-order valence-electron chi connectivity index (χ0n) is 5.65. The van der Waals surface area contributed by atoms with Crippen LogP contribution in [0.25, 0.3) is 0 Å². The fraction of sp³-hybridized carbons (Fsp3) is 1.00. The molecule has 0 aliphatic carbocycles. The molecular formula is C7H13NS. The number of nitrogens with one attached hydrogen (secondary N) is 1. The van der Waals surface area contributed by atoms with E-state index in [9.17, 15) is 0 Å². The third kappa shape index (κ3) is 0.987. The van der Waals surface area contributed by atoms with E-state index in [0.29, 0.717) is 0 Å². The van der Waals surface area contributed by atoms with E-state index in [1.165, 1.54) is 37.4 Å². The molecule has 9 heavy (non-hydrogen) atoms. The minimum atomic E-state index is 0.802. The number of hydrogen-bond donors (Lipinski definition) is 1. The highest BCUT2D eigenvalue weighted by Crippen LogP contribution is 2.44. The van der Waals surface area contributed by atoms with Crippen molar-refractivity contribution in [3.8, 4) is 0 Å². The molecular weight excluding hydrogens is 130 g/mol. The molecule has 0 atom stereocenters. The van der Waals surface area contributed by atoms with Gasteiger partial charge in [-0.25, -0.2) is 0 Å². The summed E-state index contributed by atoms with van der Waals surface area (Å²) in [6.07, 6.45) is 2.86. The van der Waals surface area contributed by atoms with Crippen molar-refractivity contribution >= 4 is 11.8 Å². The van der Waals surface area contributed by atoms with Crippen LogP contribution in [0, 0.1) is 5.41 Å². The van der Waals surface area contributed by atoms with E-state index in [2.05, 4.69) is 17.1 Å². The maximum Gasteiger partial charge on any atom is -0.000173 e. The van der Waals surface area contributed by atoms with Gasteiger partial charge in [-0.15, -0.1) is 0 Å². The van der Waals surface area contributed by atoms with Crippen LogP contribution < -0.4 is 5.32 Å². The monoisotopic (exact) mass is 143 g/mol. The highest BCUT2D eigenvalue weighted by Gasteiger charge is 2.38. The average molecular weight is 143 g/mol. The second kappa shape index (κ2) is 2.17. The Bertz CT molecular complexity index is 101. The molecule has 52 valence electrons. The SMILES string of the molecule is C1CC2(CCN1)CSC2. The standard InChI is InChI=1S/C7H13NS/c1-3-8-4-2-7(1)5-9-6-7/h8H,1-6H2. The first-order valence-corrected chi connectivity index (χ1v) is 4.85. The van der Waals surface area contributed by atoms with Gasteiger partial charge in [0.2, 0.25) is 0 Å². The summed E-state index contributed by atoms with van der Waals surface area (Å²) < 4.78 is 0. The van der Waals surface area contributed by atoms with Crippen LogP contribution in [-0.4, -0.2) is 24.6 Å². The van der Waals surface area contributed by atoms with E-state index >= 15 is 0 Å². The number of rotatable bonds is 0. The summed E-state index contributed by atoms with van der Waals surface area (Å²) in [6.45, 7) is 2.53. The lowest BCUT2D eigenvalue weighted by Gasteiger charge is -2.44. The minimum absolute atomic E-state index is 0.802. The normalized spacial score (nSPS) is 32.0. The van der Waals surface area contributed by atoms with Gasteiger partial charge >= 0.3 is 0 Å². The van der Waals surface area contributed by atoms with Gasteiger partial charge in [-0.05, 0) is 42.9 Å². The molecule has 0 aromatic carbocycles. The third-order valence-electron chi connectivity index (χ3n) is 2.48. The molecule has 0 unspecified atom stereocenters. The maximum absolute atomic E-state index is 3.40. The molecule has 1 N–H and O–H groups in total. The van der Waals surface area contributed by atoms with E-state index in [-0.39, 0.29) is 0 Å². The molecule has 2 saturated heterocycles. The van der Waals surface area contributed by atoms with Gasteiger partial charge in [-0.2, -0.15) is 11.8 Å². The number of thioether (sulfide) groups is 1. The van der Waals surface area contributed by atoms with E-state index in [0.717, 1.165) is 5.41 Å². The fourth-order valence-corrected chi connectivity index (χ4v) is 3.00. The highest BCUT2D eigenvalue weighted by atomic mass is 32.2. The van der Waals surface area contributed by atoms with Gasteiger partial charge in [0.05, 0.1) is 0 Å². The van der Waals surface area contributed by atoms with Crippen LogP contribution >= 0.6 is 11.8 Å². The molecule has 0 radical (unpaired) electrons. The van der Waals surface area contributed by atoms with Gasteiger partial charge in [-0.1, -0.05) is 0 Å². The van der Waals surface area contributed by atoms with E-state index < -0.39 is 0 Å². The van der Waals surface area contributed by atoms with Crippen molar-refractivity contribution in [2.75, 3.05) is 24.6 Å². The first-order chi connectivity index (χ1) is 4.41. The lowest BCUT2D eigenvalue weighted by Crippen LogP contribution is -2.45. The topological polar surface area (TPSA) is 12.0 Å². The van der Waals surface area contributed by atoms with Crippen molar-refractivity contribution in [3.63, 3.8) is 0 Å². The molecule has 1 nitrogen and oxygen atoms in total. The van der Waals surface area contributed by atoms with Crippen LogP contribution in [-0.2, 0) is 0 Å². The summed E-state index contributed by atoms with van der Waals surface area (Å²) in [5.74, 6) is 2.88. The fourth-order valence-electron chi connectivity index (χ4n) is 1.64. The Morgan fingerprint density at radius 2 is 1.78 bits per heavy atom. The van der Waals surface area contributed by atoms with Crippen LogP contribution in [0.3, 0.4) is 0 Å². The Hall–Kier alpha value is 0.310. The summed E-state index contributed by atoms with van der Waals surface area (Å²) in [6, 6.07) is 0. The van der Waals surface area contributed by atoms with Crippen molar-refractivity contribution in [1.82, 2.24) is 5.32 Å². The van der Waals surface area contributed by atoms with Gasteiger partial charge in [-0.3, -0.25) is 0 Å². The molecule has 2 aliphatic heterocycles. The lowest BCUT2D eigenvalue weighted by molar-refractivity contribution is 0.256. The summed E-state index contributed by atoms with van der Waals surface area (Å²) in [4.78, 5) is 0. The second-order valence-corrected chi connectivity index (χ2v) is 4.23. The van der Waals surface area contributed by atoms with Crippen molar-refractivity contribution in [1.29, 1.82) is 0 Å². The summed E-state index contributed by atoms with van der Waals surface area (Å²) in [7, 11) is 0. The van der Waals surface area contributed by atoms with E-state index in [1.54, 1.807) is 0 Å². The minimum Gasteiger partial charge on any atom is -0.317 e. The second-order valence-electron chi connectivity index (χ2n) is 3.24. The highest BCUT2D eigenvalue weighted by molar-refractivity contribution is 8.00.